The molecule has 1 aromatic carbocycles. The molecule has 1 aromatic heterocycles. The van der Waals surface area contributed by atoms with Gasteiger partial charge >= 0.3 is 88.9 Å². The number of aromatic nitrogens is 1. The van der Waals surface area contributed by atoms with Crippen molar-refractivity contribution in [3.8, 4) is 0 Å². The molecule has 0 radical (unpaired) electrons. The van der Waals surface area contributed by atoms with Gasteiger partial charge in [0.05, 0.1) is 0 Å². The Bertz CT molecular complexity index is 417. The molecular formula is C11H13IN-. The maximum atomic E-state index is 3.32. The quantitative estimate of drug-likeness (QED) is 0.572. The molecule has 0 bridgehead atoms. The van der Waals surface area contributed by atoms with Gasteiger partial charge in [0.15, 0.2) is 0 Å². The third-order valence-electron chi connectivity index (χ3n) is 2.31. The zero-order valence-electron chi connectivity index (χ0n) is 7.89. The first kappa shape index (κ1) is 9.06. The van der Waals surface area contributed by atoms with Gasteiger partial charge in [-0.2, -0.15) is 0 Å². The van der Waals surface area contributed by atoms with E-state index in [9.17, 15) is 0 Å². The van der Waals surface area contributed by atoms with Crippen LogP contribution in [-0.4, -0.2) is 9.91 Å². The van der Waals surface area contributed by atoms with Crippen molar-refractivity contribution in [2.45, 2.75) is 13.3 Å². The summed E-state index contributed by atoms with van der Waals surface area (Å²) in [4.78, 5) is 5.62. The van der Waals surface area contributed by atoms with Crippen molar-refractivity contribution in [1.29, 1.82) is 0 Å². The monoisotopic (exact) mass is 286 g/mol. The molecule has 0 aliphatic rings. The van der Waals surface area contributed by atoms with E-state index in [0.29, 0.717) is 0 Å². The number of alkyl halides is 1. The Labute approximate surface area is 88.8 Å². The Balaban J connectivity index is 2.64. The van der Waals surface area contributed by atoms with Crippen LogP contribution in [0, 0.1) is 3.57 Å². The molecule has 70 valence electrons. The van der Waals surface area contributed by atoms with Gasteiger partial charge in [0, 0.05) is 0 Å². The fourth-order valence-corrected chi connectivity index (χ4v) is 3.00. The molecular weight excluding hydrogens is 273 g/mol. The van der Waals surface area contributed by atoms with Crippen LogP contribution in [0.4, 0.5) is 0 Å². The Morgan fingerprint density at radius 3 is 2.92 bits per heavy atom. The molecule has 0 spiro atoms. The summed E-state index contributed by atoms with van der Waals surface area (Å²) in [6.07, 6.45) is 3.29. The molecule has 0 unspecified atom stereocenters. The molecule has 13 heavy (non-hydrogen) atoms. The van der Waals surface area contributed by atoms with Crippen molar-refractivity contribution in [1.82, 2.24) is 4.98 Å². The van der Waals surface area contributed by atoms with Crippen LogP contribution < -0.4 is 21.2 Å². The Morgan fingerprint density at radius 2 is 2.23 bits per heavy atom. The van der Waals surface area contributed by atoms with Crippen molar-refractivity contribution in [3.05, 3.63) is 33.5 Å². The Morgan fingerprint density at radius 1 is 1.38 bits per heavy atom. The maximum absolute atomic E-state index is 3.32. The normalized spacial score (nSPS) is 11.2. The van der Waals surface area contributed by atoms with Crippen molar-refractivity contribution in [2.24, 2.45) is 0 Å². The summed E-state index contributed by atoms with van der Waals surface area (Å²) in [5.74, 6) is 0. The fraction of sp³-hybridized carbons (Fsp3) is 0.273. The molecule has 2 aromatic rings. The number of aryl methyl sites for hydroxylation is 1. The molecule has 0 aliphatic carbocycles. The van der Waals surface area contributed by atoms with E-state index in [4.69, 9.17) is 0 Å². The average Bonchev–Trinajstić information content (AvgIpc) is 2.59. The predicted molar refractivity (Wildman–Crippen MR) is 52.3 cm³/mol. The number of rotatable bonds is 2. The predicted octanol–water partition coefficient (Wildman–Crippen LogP) is -0.381. The molecule has 2 heteroatoms. The molecule has 1 nitrogen and oxygen atoms in total. The van der Waals surface area contributed by atoms with Gasteiger partial charge in [0.1, 0.15) is 0 Å². The number of fused-ring (bicyclic) bond motifs is 1. The first-order valence-electron chi connectivity index (χ1n) is 4.44. The summed E-state index contributed by atoms with van der Waals surface area (Å²) in [5.41, 5.74) is 2.72. The number of hydrogen-bond donors (Lipinski definition) is 1. The average molecular weight is 286 g/mol. The minimum atomic E-state index is 0.195. The molecule has 1 heterocycles. The van der Waals surface area contributed by atoms with Crippen LogP contribution >= 0.6 is 0 Å². The molecule has 0 fully saturated rings. The van der Waals surface area contributed by atoms with Gasteiger partial charge in [-0.25, -0.2) is 0 Å². The summed E-state index contributed by atoms with van der Waals surface area (Å²) < 4.78 is 1.53. The SMILES string of the molecule is CCc1ccc2[nH]cc([I-]C)c2c1. The number of nitrogens with one attached hydrogen (secondary N) is 1. The molecule has 2 rings (SSSR count). The molecule has 0 saturated carbocycles. The van der Waals surface area contributed by atoms with Gasteiger partial charge in [-0.05, 0) is 0 Å². The van der Waals surface area contributed by atoms with Gasteiger partial charge in [0.2, 0.25) is 0 Å². The second-order valence-electron chi connectivity index (χ2n) is 3.06. The first-order chi connectivity index (χ1) is 6.35. The van der Waals surface area contributed by atoms with Crippen LogP contribution in [0.15, 0.2) is 24.4 Å². The minimum absolute atomic E-state index is 0.195. The van der Waals surface area contributed by atoms with Crippen molar-refractivity contribution in [2.75, 3.05) is 4.93 Å². The van der Waals surface area contributed by atoms with Crippen LogP contribution in [0.25, 0.3) is 10.9 Å². The molecule has 0 aliphatic heterocycles. The van der Waals surface area contributed by atoms with Crippen molar-refractivity contribution < 1.29 is 21.2 Å². The molecule has 1 N–H and O–H groups in total. The van der Waals surface area contributed by atoms with Crippen LogP contribution in [0.3, 0.4) is 0 Å². The van der Waals surface area contributed by atoms with Gasteiger partial charge in [-0.15, -0.1) is 0 Å². The van der Waals surface area contributed by atoms with E-state index in [-0.39, 0.29) is 21.2 Å². The summed E-state index contributed by atoms with van der Waals surface area (Å²) in [6.45, 7) is 2.20. The van der Waals surface area contributed by atoms with E-state index in [1.54, 1.807) is 0 Å². The van der Waals surface area contributed by atoms with Crippen molar-refractivity contribution >= 4 is 10.9 Å². The van der Waals surface area contributed by atoms with Crippen LogP contribution in [0.5, 0.6) is 0 Å². The summed E-state index contributed by atoms with van der Waals surface area (Å²) in [7, 11) is 0. The first-order valence-corrected chi connectivity index (χ1v) is 7.68. The second-order valence-corrected chi connectivity index (χ2v) is 5.30. The van der Waals surface area contributed by atoms with Gasteiger partial charge in [-0.3, -0.25) is 0 Å². The van der Waals surface area contributed by atoms with E-state index in [2.05, 4.69) is 41.2 Å². The summed E-state index contributed by atoms with van der Waals surface area (Å²) in [6, 6.07) is 6.72. The van der Waals surface area contributed by atoms with Gasteiger partial charge < -0.3 is 0 Å². The number of halogens is 1. The topological polar surface area (TPSA) is 15.8 Å². The third kappa shape index (κ3) is 1.59. The second kappa shape index (κ2) is 3.70. The van der Waals surface area contributed by atoms with E-state index in [1.807, 2.05) is 0 Å². The third-order valence-corrected chi connectivity index (χ3v) is 4.36. The van der Waals surface area contributed by atoms with Gasteiger partial charge in [-0.1, -0.05) is 0 Å². The standard InChI is InChI=1S/C11H13IN/c1-3-8-4-5-11-9(6-8)10(12-2)7-13-11/h4-7,13H,3H2,1-2H3/q-1. The zero-order valence-corrected chi connectivity index (χ0v) is 10.1. The Hall–Kier alpha value is -0.510. The summed E-state index contributed by atoms with van der Waals surface area (Å²) >= 11 is 0.195. The summed E-state index contributed by atoms with van der Waals surface area (Å²) in [5, 5.41) is 1.44. The molecule has 0 saturated heterocycles. The van der Waals surface area contributed by atoms with Crippen LogP contribution in [-0.2, 0) is 6.42 Å². The number of hydrogen-bond acceptors (Lipinski definition) is 0. The number of aromatic amines is 1. The Kier molecular flexibility index (Phi) is 2.58. The van der Waals surface area contributed by atoms with Crippen LogP contribution in [0.2, 0.25) is 0 Å². The van der Waals surface area contributed by atoms with E-state index >= 15 is 0 Å². The zero-order chi connectivity index (χ0) is 9.26. The molecule has 0 atom stereocenters. The fourth-order valence-electron chi connectivity index (χ4n) is 1.51. The molecule has 0 amide bonds. The van der Waals surface area contributed by atoms with Crippen LogP contribution in [0.1, 0.15) is 12.5 Å². The van der Waals surface area contributed by atoms with E-state index in [1.165, 1.54) is 20.0 Å². The number of benzene rings is 1. The van der Waals surface area contributed by atoms with Crippen molar-refractivity contribution in [3.63, 3.8) is 0 Å². The van der Waals surface area contributed by atoms with E-state index in [0.717, 1.165) is 6.42 Å². The van der Waals surface area contributed by atoms with Gasteiger partial charge in [0.25, 0.3) is 0 Å². The van der Waals surface area contributed by atoms with E-state index < -0.39 is 0 Å². The number of H-pyrrole nitrogens is 1.